The fourth-order valence-corrected chi connectivity index (χ4v) is 3.87. The maximum atomic E-state index is 12.3. The van der Waals surface area contributed by atoms with Crippen LogP contribution in [0.4, 0.5) is 0 Å². The predicted molar refractivity (Wildman–Crippen MR) is 73.1 cm³/mol. The van der Waals surface area contributed by atoms with Gasteiger partial charge in [-0.2, -0.15) is 4.31 Å². The lowest BCUT2D eigenvalue weighted by Gasteiger charge is -2.16. The van der Waals surface area contributed by atoms with Crippen LogP contribution in [-0.4, -0.2) is 29.9 Å². The molecule has 0 bridgehead atoms. The van der Waals surface area contributed by atoms with Crippen LogP contribution in [0.5, 0.6) is 0 Å². The first kappa shape index (κ1) is 14.1. The van der Waals surface area contributed by atoms with E-state index in [0.29, 0.717) is 4.88 Å². The molecule has 0 aliphatic heterocycles. The molecule has 2 heterocycles. The Hall–Kier alpha value is -1.28. The summed E-state index contributed by atoms with van der Waals surface area (Å²) < 4.78 is 25.9. The molecule has 0 atom stereocenters. The number of nitrogens with zero attached hydrogens (tertiary/aromatic N) is 2. The van der Waals surface area contributed by atoms with Crippen molar-refractivity contribution >= 4 is 21.4 Å². The maximum Gasteiger partial charge on any atom is 0.243 e. The number of thiophene rings is 1. The van der Waals surface area contributed by atoms with E-state index in [1.54, 1.807) is 23.8 Å². The molecule has 5 nitrogen and oxygen atoms in total. The van der Waals surface area contributed by atoms with Gasteiger partial charge in [0.05, 0.1) is 11.5 Å². The Kier molecular flexibility index (Phi) is 4.31. The van der Waals surface area contributed by atoms with E-state index in [2.05, 4.69) is 4.98 Å². The minimum Gasteiger partial charge on any atom is -0.391 e. The molecule has 0 saturated heterocycles. The van der Waals surface area contributed by atoms with E-state index in [9.17, 15) is 8.42 Å². The molecule has 0 aromatic carbocycles. The van der Waals surface area contributed by atoms with Gasteiger partial charge < -0.3 is 5.11 Å². The van der Waals surface area contributed by atoms with Gasteiger partial charge >= 0.3 is 0 Å². The fourth-order valence-electron chi connectivity index (χ4n) is 1.59. The molecule has 19 heavy (non-hydrogen) atoms. The third kappa shape index (κ3) is 3.19. The molecule has 2 aromatic rings. The number of sulfonamides is 1. The Morgan fingerprint density at radius 3 is 2.84 bits per heavy atom. The van der Waals surface area contributed by atoms with Gasteiger partial charge in [-0.05, 0) is 17.7 Å². The maximum absolute atomic E-state index is 12.3. The van der Waals surface area contributed by atoms with E-state index < -0.39 is 10.0 Å². The van der Waals surface area contributed by atoms with E-state index in [1.807, 2.05) is 6.07 Å². The number of rotatable bonds is 5. The van der Waals surface area contributed by atoms with Crippen molar-refractivity contribution in [3.8, 4) is 0 Å². The minimum absolute atomic E-state index is 0.146. The number of aliphatic hydroxyl groups excluding tert-OH is 1. The molecule has 0 amide bonds. The van der Waals surface area contributed by atoms with Gasteiger partial charge in [0.2, 0.25) is 10.0 Å². The second-order valence-corrected chi connectivity index (χ2v) is 7.07. The Labute approximate surface area is 116 Å². The lowest BCUT2D eigenvalue weighted by Crippen LogP contribution is -2.26. The number of pyridine rings is 1. The molecule has 2 aromatic heterocycles. The zero-order valence-electron chi connectivity index (χ0n) is 10.4. The van der Waals surface area contributed by atoms with Crippen molar-refractivity contribution in [2.24, 2.45) is 0 Å². The first-order chi connectivity index (χ1) is 9.04. The average Bonchev–Trinajstić information content (AvgIpc) is 2.89. The topological polar surface area (TPSA) is 70.5 Å². The second-order valence-electron chi connectivity index (χ2n) is 4.03. The molecule has 1 N–H and O–H groups in total. The van der Waals surface area contributed by atoms with Crippen molar-refractivity contribution < 1.29 is 13.5 Å². The van der Waals surface area contributed by atoms with E-state index >= 15 is 0 Å². The summed E-state index contributed by atoms with van der Waals surface area (Å²) in [5.74, 6) is 0. The summed E-state index contributed by atoms with van der Waals surface area (Å²) >= 11 is 1.23. The van der Waals surface area contributed by atoms with E-state index in [0.717, 1.165) is 5.56 Å². The fraction of sp³-hybridized carbons (Fsp3) is 0.250. The van der Waals surface area contributed by atoms with Crippen LogP contribution in [0.1, 0.15) is 10.4 Å². The zero-order chi connectivity index (χ0) is 13.9. The SMILES string of the molecule is CN(Cc1cccnc1)S(=O)(=O)c1csc(CO)c1. The molecular formula is C12H14N2O3S2. The van der Waals surface area contributed by atoms with Crippen molar-refractivity contribution in [1.82, 2.24) is 9.29 Å². The van der Waals surface area contributed by atoms with Crippen molar-refractivity contribution in [2.75, 3.05) is 7.05 Å². The van der Waals surface area contributed by atoms with Crippen molar-refractivity contribution in [3.05, 3.63) is 46.4 Å². The van der Waals surface area contributed by atoms with Gasteiger partial charge in [0.15, 0.2) is 0 Å². The van der Waals surface area contributed by atoms with Gasteiger partial charge in [-0.15, -0.1) is 11.3 Å². The van der Waals surface area contributed by atoms with E-state index in [4.69, 9.17) is 5.11 Å². The van der Waals surface area contributed by atoms with Crippen LogP contribution in [0, 0.1) is 0 Å². The van der Waals surface area contributed by atoms with Crippen LogP contribution in [0.25, 0.3) is 0 Å². The van der Waals surface area contributed by atoms with Crippen LogP contribution in [0.3, 0.4) is 0 Å². The monoisotopic (exact) mass is 298 g/mol. The molecule has 0 aliphatic rings. The zero-order valence-corrected chi connectivity index (χ0v) is 12.0. The van der Waals surface area contributed by atoms with Gasteiger partial charge in [-0.3, -0.25) is 4.98 Å². The Bertz CT molecular complexity index is 638. The number of aliphatic hydroxyl groups is 1. The first-order valence-electron chi connectivity index (χ1n) is 5.57. The minimum atomic E-state index is -3.52. The molecule has 0 aliphatic carbocycles. The summed E-state index contributed by atoms with van der Waals surface area (Å²) in [6.07, 6.45) is 3.28. The number of hydrogen-bond acceptors (Lipinski definition) is 5. The molecule has 0 fully saturated rings. The van der Waals surface area contributed by atoms with E-state index in [-0.39, 0.29) is 18.0 Å². The van der Waals surface area contributed by atoms with Crippen LogP contribution in [0.2, 0.25) is 0 Å². The van der Waals surface area contributed by atoms with Gasteiger partial charge in [0.1, 0.15) is 0 Å². The molecule has 7 heteroatoms. The summed E-state index contributed by atoms with van der Waals surface area (Å²) in [6.45, 7) is 0.118. The van der Waals surface area contributed by atoms with Crippen molar-refractivity contribution in [2.45, 2.75) is 18.0 Å². The van der Waals surface area contributed by atoms with Crippen molar-refractivity contribution in [3.63, 3.8) is 0 Å². The van der Waals surface area contributed by atoms with Gasteiger partial charge in [-0.1, -0.05) is 6.07 Å². The van der Waals surface area contributed by atoms with Crippen LogP contribution >= 0.6 is 11.3 Å². The molecule has 0 spiro atoms. The third-order valence-electron chi connectivity index (χ3n) is 2.62. The smallest absolute Gasteiger partial charge is 0.243 e. The number of hydrogen-bond donors (Lipinski definition) is 1. The van der Waals surface area contributed by atoms with E-state index in [1.165, 1.54) is 28.8 Å². The Balaban J connectivity index is 2.19. The molecule has 0 radical (unpaired) electrons. The molecule has 0 saturated carbocycles. The third-order valence-corrected chi connectivity index (χ3v) is 5.47. The summed E-state index contributed by atoms with van der Waals surface area (Å²) in [4.78, 5) is 4.81. The highest BCUT2D eigenvalue weighted by Crippen LogP contribution is 2.22. The predicted octanol–water partition coefficient (Wildman–Crippen LogP) is 1.46. The standard InChI is InChI=1S/C12H14N2O3S2/c1-14(7-10-3-2-4-13-6-10)19(16,17)12-5-11(8-15)18-9-12/h2-6,9,15H,7-8H2,1H3. The average molecular weight is 298 g/mol. The summed E-state index contributed by atoms with van der Waals surface area (Å²) in [5.41, 5.74) is 0.825. The highest BCUT2D eigenvalue weighted by atomic mass is 32.2. The second kappa shape index (κ2) is 5.79. The molecular weight excluding hydrogens is 284 g/mol. The quantitative estimate of drug-likeness (QED) is 0.907. The normalized spacial score (nSPS) is 11.9. The van der Waals surface area contributed by atoms with Crippen molar-refractivity contribution in [1.29, 1.82) is 0 Å². The highest BCUT2D eigenvalue weighted by molar-refractivity contribution is 7.89. The summed E-state index contributed by atoms with van der Waals surface area (Å²) in [7, 11) is -2.00. The van der Waals surface area contributed by atoms with Crippen LogP contribution < -0.4 is 0 Å². The van der Waals surface area contributed by atoms with Crippen LogP contribution in [-0.2, 0) is 23.2 Å². The molecule has 0 unspecified atom stereocenters. The first-order valence-corrected chi connectivity index (χ1v) is 7.89. The molecule has 102 valence electrons. The largest absolute Gasteiger partial charge is 0.391 e. The van der Waals surface area contributed by atoms with Gasteiger partial charge in [0, 0.05) is 36.2 Å². The van der Waals surface area contributed by atoms with Gasteiger partial charge in [0.25, 0.3) is 0 Å². The Morgan fingerprint density at radius 2 is 2.26 bits per heavy atom. The highest BCUT2D eigenvalue weighted by Gasteiger charge is 2.22. The molecule has 2 rings (SSSR count). The number of aromatic nitrogens is 1. The lowest BCUT2D eigenvalue weighted by atomic mass is 10.3. The summed E-state index contributed by atoms with van der Waals surface area (Å²) in [6, 6.07) is 5.09. The van der Waals surface area contributed by atoms with Gasteiger partial charge in [-0.25, -0.2) is 8.42 Å². The lowest BCUT2D eigenvalue weighted by molar-refractivity contribution is 0.285. The summed E-state index contributed by atoms with van der Waals surface area (Å²) in [5, 5.41) is 10.5. The Morgan fingerprint density at radius 1 is 1.47 bits per heavy atom. The van der Waals surface area contributed by atoms with Crippen LogP contribution in [0.15, 0.2) is 40.9 Å².